The Balaban J connectivity index is 0.00000144. The van der Waals surface area contributed by atoms with Gasteiger partial charge in [0.25, 0.3) is 5.91 Å². The molecule has 1 N–H and O–H groups in total. The molecule has 1 aromatic heterocycles. The zero-order valence-electron chi connectivity index (χ0n) is 9.81. The van der Waals surface area contributed by atoms with Crippen LogP contribution in [0.2, 0.25) is 0 Å². The van der Waals surface area contributed by atoms with Crippen molar-refractivity contribution in [1.29, 1.82) is 0 Å². The van der Waals surface area contributed by atoms with Gasteiger partial charge in [-0.1, -0.05) is 11.4 Å². The van der Waals surface area contributed by atoms with Crippen LogP contribution >= 0.6 is 23.9 Å². The third kappa shape index (κ3) is 3.37. The molecule has 0 aromatic carbocycles. The van der Waals surface area contributed by atoms with E-state index in [2.05, 4.69) is 14.9 Å². The van der Waals surface area contributed by atoms with Crippen molar-refractivity contribution in [1.82, 2.24) is 19.8 Å². The average Bonchev–Trinajstić information content (AvgIpc) is 2.61. The van der Waals surface area contributed by atoms with E-state index in [-0.39, 0.29) is 18.3 Å². The maximum atomic E-state index is 12.2. The molecule has 1 saturated heterocycles. The molecule has 0 radical (unpaired) electrons. The fraction of sp³-hybridized carbons (Fsp3) is 0.700. The smallest absolute Gasteiger partial charge is 0.267 e. The van der Waals surface area contributed by atoms with Crippen molar-refractivity contribution < 1.29 is 4.79 Å². The molecule has 96 valence electrons. The SMILES string of the molecule is CCc1nnsc1C(=O)N1CCCNCC1.Cl. The molecule has 1 fully saturated rings. The normalized spacial score (nSPS) is 16.2. The van der Waals surface area contributed by atoms with Crippen molar-refractivity contribution in [3.63, 3.8) is 0 Å². The second kappa shape index (κ2) is 6.88. The van der Waals surface area contributed by atoms with Gasteiger partial charge in [0.15, 0.2) is 0 Å². The highest BCUT2D eigenvalue weighted by atomic mass is 35.5. The number of carbonyl (C=O) groups is 1. The van der Waals surface area contributed by atoms with Crippen molar-refractivity contribution >= 4 is 29.8 Å². The molecule has 2 heterocycles. The summed E-state index contributed by atoms with van der Waals surface area (Å²) in [5, 5.41) is 7.26. The van der Waals surface area contributed by atoms with Crippen LogP contribution in [-0.4, -0.2) is 46.6 Å². The van der Waals surface area contributed by atoms with Crippen LogP contribution < -0.4 is 5.32 Å². The molecule has 1 aromatic rings. The molecule has 1 aliphatic heterocycles. The Morgan fingerprint density at radius 3 is 3.06 bits per heavy atom. The van der Waals surface area contributed by atoms with Gasteiger partial charge in [-0.05, 0) is 30.9 Å². The maximum absolute atomic E-state index is 12.2. The van der Waals surface area contributed by atoms with Gasteiger partial charge in [-0.3, -0.25) is 4.79 Å². The minimum atomic E-state index is 0. The molecular formula is C10H17ClN4OS. The predicted octanol–water partition coefficient (Wildman–Crippen LogP) is 0.958. The van der Waals surface area contributed by atoms with Crippen molar-refractivity contribution in [3.05, 3.63) is 10.6 Å². The van der Waals surface area contributed by atoms with Gasteiger partial charge in [0, 0.05) is 19.6 Å². The number of amides is 1. The van der Waals surface area contributed by atoms with Crippen LogP contribution in [0.3, 0.4) is 0 Å². The number of halogens is 1. The number of nitrogens with zero attached hydrogens (tertiary/aromatic N) is 3. The van der Waals surface area contributed by atoms with Crippen LogP contribution in [0.5, 0.6) is 0 Å². The van der Waals surface area contributed by atoms with Crippen molar-refractivity contribution in [2.45, 2.75) is 19.8 Å². The maximum Gasteiger partial charge on any atom is 0.267 e. The molecule has 17 heavy (non-hydrogen) atoms. The van der Waals surface area contributed by atoms with E-state index >= 15 is 0 Å². The standard InChI is InChI=1S/C10H16N4OS.ClH/c1-2-8-9(16-13-12-8)10(15)14-6-3-4-11-5-7-14;/h11H,2-7H2,1H3;1H. The number of nitrogens with one attached hydrogen (secondary N) is 1. The van der Waals surface area contributed by atoms with E-state index in [0.717, 1.165) is 44.7 Å². The lowest BCUT2D eigenvalue weighted by Crippen LogP contribution is -2.34. The van der Waals surface area contributed by atoms with Crippen LogP contribution in [0.1, 0.15) is 28.7 Å². The van der Waals surface area contributed by atoms with Crippen molar-refractivity contribution in [3.8, 4) is 0 Å². The third-order valence-corrected chi connectivity index (χ3v) is 3.47. The molecule has 1 aliphatic rings. The molecule has 0 bridgehead atoms. The fourth-order valence-corrected chi connectivity index (χ4v) is 2.51. The largest absolute Gasteiger partial charge is 0.337 e. The highest BCUT2D eigenvalue weighted by Crippen LogP contribution is 2.14. The second-order valence-corrected chi connectivity index (χ2v) is 4.55. The predicted molar refractivity (Wildman–Crippen MR) is 69.9 cm³/mol. The van der Waals surface area contributed by atoms with Gasteiger partial charge in [0.05, 0.1) is 5.69 Å². The first-order valence-electron chi connectivity index (χ1n) is 5.64. The Morgan fingerprint density at radius 2 is 2.29 bits per heavy atom. The number of rotatable bonds is 2. The Morgan fingerprint density at radius 1 is 1.47 bits per heavy atom. The molecule has 0 aliphatic carbocycles. The summed E-state index contributed by atoms with van der Waals surface area (Å²) in [6.45, 7) is 5.47. The van der Waals surface area contributed by atoms with E-state index in [9.17, 15) is 4.79 Å². The summed E-state index contributed by atoms with van der Waals surface area (Å²) in [7, 11) is 0. The van der Waals surface area contributed by atoms with Gasteiger partial charge < -0.3 is 10.2 Å². The van der Waals surface area contributed by atoms with Gasteiger partial charge in [0.1, 0.15) is 4.88 Å². The highest BCUT2D eigenvalue weighted by Gasteiger charge is 2.21. The van der Waals surface area contributed by atoms with Crippen LogP contribution in [0.4, 0.5) is 0 Å². The van der Waals surface area contributed by atoms with Gasteiger partial charge in [-0.25, -0.2) is 0 Å². The molecule has 0 unspecified atom stereocenters. The summed E-state index contributed by atoms with van der Waals surface area (Å²) in [4.78, 5) is 14.8. The molecule has 2 rings (SSSR count). The lowest BCUT2D eigenvalue weighted by atomic mass is 10.2. The zero-order chi connectivity index (χ0) is 11.4. The highest BCUT2D eigenvalue weighted by molar-refractivity contribution is 7.07. The van der Waals surface area contributed by atoms with E-state index in [1.54, 1.807) is 0 Å². The van der Waals surface area contributed by atoms with Gasteiger partial charge in [0.2, 0.25) is 0 Å². The Kier molecular flexibility index (Phi) is 5.80. The monoisotopic (exact) mass is 276 g/mol. The molecule has 7 heteroatoms. The number of carbonyl (C=O) groups excluding carboxylic acids is 1. The van der Waals surface area contributed by atoms with Crippen LogP contribution in [0.25, 0.3) is 0 Å². The first-order valence-corrected chi connectivity index (χ1v) is 6.41. The summed E-state index contributed by atoms with van der Waals surface area (Å²) < 4.78 is 3.86. The number of hydrogen-bond donors (Lipinski definition) is 1. The van der Waals surface area contributed by atoms with E-state index in [0.29, 0.717) is 4.88 Å². The van der Waals surface area contributed by atoms with Crippen LogP contribution in [0.15, 0.2) is 0 Å². The summed E-state index contributed by atoms with van der Waals surface area (Å²) >= 11 is 1.21. The van der Waals surface area contributed by atoms with E-state index in [1.165, 1.54) is 11.5 Å². The van der Waals surface area contributed by atoms with Gasteiger partial charge in [-0.2, -0.15) is 0 Å². The summed E-state index contributed by atoms with van der Waals surface area (Å²) in [6, 6.07) is 0. The first-order chi connectivity index (χ1) is 7.83. The Bertz CT molecular complexity index is 363. The molecule has 0 saturated carbocycles. The van der Waals surface area contributed by atoms with Gasteiger partial charge in [-0.15, -0.1) is 17.5 Å². The van der Waals surface area contributed by atoms with E-state index in [1.807, 2.05) is 11.8 Å². The van der Waals surface area contributed by atoms with E-state index in [4.69, 9.17) is 0 Å². The van der Waals surface area contributed by atoms with Crippen molar-refractivity contribution in [2.24, 2.45) is 0 Å². The minimum Gasteiger partial charge on any atom is -0.337 e. The number of hydrogen-bond acceptors (Lipinski definition) is 5. The topological polar surface area (TPSA) is 58.1 Å². The van der Waals surface area contributed by atoms with Crippen LogP contribution in [-0.2, 0) is 6.42 Å². The average molecular weight is 277 g/mol. The Labute approximate surface area is 111 Å². The number of aryl methyl sites for hydroxylation is 1. The molecule has 0 spiro atoms. The molecule has 1 amide bonds. The quantitative estimate of drug-likeness (QED) is 0.874. The molecule has 0 atom stereocenters. The zero-order valence-corrected chi connectivity index (χ0v) is 11.4. The fourth-order valence-electron chi connectivity index (χ4n) is 1.79. The third-order valence-electron chi connectivity index (χ3n) is 2.71. The summed E-state index contributed by atoms with van der Waals surface area (Å²) in [5.74, 6) is 0.0931. The second-order valence-electron chi connectivity index (χ2n) is 3.80. The first kappa shape index (κ1) is 14.3. The van der Waals surface area contributed by atoms with Crippen LogP contribution in [0, 0.1) is 0 Å². The number of aromatic nitrogens is 2. The molecular weight excluding hydrogens is 260 g/mol. The summed E-state index contributed by atoms with van der Waals surface area (Å²) in [6.07, 6.45) is 1.78. The van der Waals surface area contributed by atoms with E-state index < -0.39 is 0 Å². The van der Waals surface area contributed by atoms with Gasteiger partial charge >= 0.3 is 0 Å². The lowest BCUT2D eigenvalue weighted by Gasteiger charge is -2.18. The Hall–Kier alpha value is -0.720. The minimum absolute atomic E-state index is 0. The lowest BCUT2D eigenvalue weighted by molar-refractivity contribution is 0.0770. The van der Waals surface area contributed by atoms with Crippen molar-refractivity contribution in [2.75, 3.05) is 26.2 Å². The molecule has 5 nitrogen and oxygen atoms in total. The summed E-state index contributed by atoms with van der Waals surface area (Å²) in [5.41, 5.74) is 0.826.